The molecule has 0 saturated carbocycles. The number of nitrogens with one attached hydrogen (secondary N) is 2. The van der Waals surface area contributed by atoms with Crippen LogP contribution in [-0.4, -0.2) is 32.0 Å². The number of benzene rings is 1. The lowest BCUT2D eigenvalue weighted by Gasteiger charge is -2.10. The number of likely N-dealkylation sites (N-methyl/N-ethyl adjacent to an activating group) is 1. The van der Waals surface area contributed by atoms with Gasteiger partial charge in [0.1, 0.15) is 5.75 Å². The van der Waals surface area contributed by atoms with Gasteiger partial charge in [-0.05, 0) is 26.0 Å². The van der Waals surface area contributed by atoms with Gasteiger partial charge < -0.3 is 15.4 Å². The number of hydrogen-bond donors (Lipinski definition) is 2. The lowest BCUT2D eigenvalue weighted by Crippen LogP contribution is -2.36. The summed E-state index contributed by atoms with van der Waals surface area (Å²) in [4.78, 5) is 23.2. The number of hydrogen-bond acceptors (Lipinski definition) is 3. The zero-order valence-corrected chi connectivity index (χ0v) is 10.9. The lowest BCUT2D eigenvalue weighted by atomic mass is 10.1. The molecule has 0 aromatic heterocycles. The van der Waals surface area contributed by atoms with Crippen molar-refractivity contribution in [2.24, 2.45) is 0 Å². The van der Waals surface area contributed by atoms with Crippen molar-refractivity contribution in [1.82, 2.24) is 10.6 Å². The van der Waals surface area contributed by atoms with E-state index in [0.717, 1.165) is 5.56 Å². The molecule has 0 aliphatic heterocycles. The molecule has 0 radical (unpaired) electrons. The summed E-state index contributed by atoms with van der Waals surface area (Å²) in [6.07, 6.45) is 0. The van der Waals surface area contributed by atoms with Gasteiger partial charge in [0.25, 0.3) is 5.91 Å². The van der Waals surface area contributed by atoms with Crippen LogP contribution in [0.3, 0.4) is 0 Å². The summed E-state index contributed by atoms with van der Waals surface area (Å²) >= 11 is 0. The van der Waals surface area contributed by atoms with E-state index in [9.17, 15) is 9.59 Å². The highest BCUT2D eigenvalue weighted by Crippen LogP contribution is 2.19. The van der Waals surface area contributed by atoms with Gasteiger partial charge in [-0.25, -0.2) is 0 Å². The van der Waals surface area contributed by atoms with Crippen molar-refractivity contribution in [3.63, 3.8) is 0 Å². The number of methoxy groups -OCH3 is 1. The molecule has 0 heterocycles. The minimum Gasteiger partial charge on any atom is -0.496 e. The monoisotopic (exact) mass is 250 g/mol. The highest BCUT2D eigenvalue weighted by molar-refractivity contribution is 5.98. The van der Waals surface area contributed by atoms with E-state index in [0.29, 0.717) is 17.9 Å². The van der Waals surface area contributed by atoms with Crippen molar-refractivity contribution in [3.05, 3.63) is 29.3 Å². The molecule has 2 N–H and O–H groups in total. The smallest absolute Gasteiger partial charge is 0.255 e. The van der Waals surface area contributed by atoms with Gasteiger partial charge in [-0.2, -0.15) is 0 Å². The second-order valence-corrected chi connectivity index (χ2v) is 3.84. The number of amides is 2. The Labute approximate surface area is 107 Å². The van der Waals surface area contributed by atoms with Crippen molar-refractivity contribution in [2.45, 2.75) is 13.8 Å². The summed E-state index contributed by atoms with van der Waals surface area (Å²) in [7, 11) is 1.51. The second kappa shape index (κ2) is 6.64. The third kappa shape index (κ3) is 3.76. The first kappa shape index (κ1) is 14.0. The molecule has 0 bridgehead atoms. The van der Waals surface area contributed by atoms with Crippen LogP contribution >= 0.6 is 0 Å². The highest BCUT2D eigenvalue weighted by atomic mass is 16.5. The largest absolute Gasteiger partial charge is 0.496 e. The van der Waals surface area contributed by atoms with Gasteiger partial charge >= 0.3 is 0 Å². The van der Waals surface area contributed by atoms with E-state index < -0.39 is 0 Å². The van der Waals surface area contributed by atoms with Gasteiger partial charge in [-0.3, -0.25) is 9.59 Å². The van der Waals surface area contributed by atoms with E-state index in [1.54, 1.807) is 12.1 Å². The molecule has 98 valence electrons. The van der Waals surface area contributed by atoms with Crippen molar-refractivity contribution in [3.8, 4) is 5.75 Å². The normalized spacial score (nSPS) is 9.72. The number of carbonyl (C=O) groups excluding carboxylic acids is 2. The molecule has 2 amide bonds. The third-order valence-corrected chi connectivity index (χ3v) is 2.38. The van der Waals surface area contributed by atoms with Crippen LogP contribution in [0.5, 0.6) is 5.75 Å². The summed E-state index contributed by atoms with van der Waals surface area (Å²) in [5, 5.41) is 5.16. The van der Waals surface area contributed by atoms with E-state index in [-0.39, 0.29) is 18.4 Å². The van der Waals surface area contributed by atoms with Gasteiger partial charge in [-0.15, -0.1) is 0 Å². The van der Waals surface area contributed by atoms with Gasteiger partial charge in [0.05, 0.1) is 19.2 Å². The standard InChI is InChI=1S/C13H18N2O3/c1-4-14-12(16)8-15-13(17)10-7-9(2)5-6-11(10)18-3/h5-7H,4,8H2,1-3H3,(H,14,16)(H,15,17). The third-order valence-electron chi connectivity index (χ3n) is 2.38. The molecule has 0 spiro atoms. The fourth-order valence-electron chi connectivity index (χ4n) is 1.51. The molecule has 1 aromatic rings. The molecule has 0 aliphatic carbocycles. The van der Waals surface area contributed by atoms with Crippen LogP contribution < -0.4 is 15.4 Å². The first-order valence-corrected chi connectivity index (χ1v) is 5.78. The summed E-state index contributed by atoms with van der Waals surface area (Å²) in [5.74, 6) is -0.0340. The van der Waals surface area contributed by atoms with Gasteiger partial charge in [0, 0.05) is 6.54 Å². The molecule has 1 rings (SSSR count). The minimum absolute atomic E-state index is 0.0379. The van der Waals surface area contributed by atoms with Crippen molar-refractivity contribution < 1.29 is 14.3 Å². The average Bonchev–Trinajstić information content (AvgIpc) is 2.36. The Kier molecular flexibility index (Phi) is 5.17. The molecule has 1 aromatic carbocycles. The number of rotatable bonds is 5. The van der Waals surface area contributed by atoms with E-state index in [1.165, 1.54) is 7.11 Å². The molecule has 0 atom stereocenters. The Morgan fingerprint density at radius 2 is 2.00 bits per heavy atom. The summed E-state index contributed by atoms with van der Waals surface area (Å²) < 4.78 is 5.11. The first-order chi connectivity index (χ1) is 8.58. The Bertz CT molecular complexity index is 444. The molecule has 0 fully saturated rings. The van der Waals surface area contributed by atoms with Crippen LogP contribution in [0.1, 0.15) is 22.8 Å². The molecule has 5 heteroatoms. The van der Waals surface area contributed by atoms with Gasteiger partial charge in [-0.1, -0.05) is 11.6 Å². The van der Waals surface area contributed by atoms with Crippen LogP contribution in [0.4, 0.5) is 0 Å². The number of ether oxygens (including phenoxy) is 1. The summed E-state index contributed by atoms with van der Waals surface area (Å²) in [6, 6.07) is 5.32. The summed E-state index contributed by atoms with van der Waals surface area (Å²) in [6.45, 7) is 4.22. The van der Waals surface area contributed by atoms with Crippen LogP contribution in [0.2, 0.25) is 0 Å². The Balaban J connectivity index is 2.71. The second-order valence-electron chi connectivity index (χ2n) is 3.84. The SMILES string of the molecule is CCNC(=O)CNC(=O)c1cc(C)ccc1OC. The maximum absolute atomic E-state index is 11.9. The van der Waals surface area contributed by atoms with E-state index in [4.69, 9.17) is 4.74 Å². The predicted molar refractivity (Wildman–Crippen MR) is 68.7 cm³/mol. The van der Waals surface area contributed by atoms with E-state index >= 15 is 0 Å². The van der Waals surface area contributed by atoms with Crippen molar-refractivity contribution in [1.29, 1.82) is 0 Å². The summed E-state index contributed by atoms with van der Waals surface area (Å²) in [5.41, 5.74) is 1.39. The Morgan fingerprint density at radius 1 is 1.28 bits per heavy atom. The Hall–Kier alpha value is -2.04. The van der Waals surface area contributed by atoms with Crippen LogP contribution in [0, 0.1) is 6.92 Å². The molecule has 0 unspecified atom stereocenters. The number of carbonyl (C=O) groups is 2. The quantitative estimate of drug-likeness (QED) is 0.814. The topological polar surface area (TPSA) is 67.4 Å². The van der Waals surface area contributed by atoms with Crippen molar-refractivity contribution >= 4 is 11.8 Å². The maximum Gasteiger partial charge on any atom is 0.255 e. The van der Waals surface area contributed by atoms with E-state index in [2.05, 4.69) is 10.6 Å². The van der Waals surface area contributed by atoms with E-state index in [1.807, 2.05) is 19.9 Å². The molecule has 5 nitrogen and oxygen atoms in total. The lowest BCUT2D eigenvalue weighted by molar-refractivity contribution is -0.120. The van der Waals surface area contributed by atoms with Crippen LogP contribution in [0.15, 0.2) is 18.2 Å². The highest BCUT2D eigenvalue weighted by Gasteiger charge is 2.13. The fourth-order valence-corrected chi connectivity index (χ4v) is 1.51. The van der Waals surface area contributed by atoms with Gasteiger partial charge in [0.2, 0.25) is 5.91 Å². The predicted octanol–water partition coefficient (Wildman–Crippen LogP) is 0.870. The molecular weight excluding hydrogens is 232 g/mol. The Morgan fingerprint density at radius 3 is 2.61 bits per heavy atom. The maximum atomic E-state index is 11.9. The molecule has 0 aliphatic rings. The fraction of sp³-hybridized carbons (Fsp3) is 0.385. The first-order valence-electron chi connectivity index (χ1n) is 5.78. The van der Waals surface area contributed by atoms with Crippen molar-refractivity contribution in [2.75, 3.05) is 20.2 Å². The minimum atomic E-state index is -0.318. The molecule has 18 heavy (non-hydrogen) atoms. The average molecular weight is 250 g/mol. The van der Waals surface area contributed by atoms with Crippen LogP contribution in [0.25, 0.3) is 0 Å². The van der Waals surface area contributed by atoms with Gasteiger partial charge in [0.15, 0.2) is 0 Å². The van der Waals surface area contributed by atoms with Crippen LogP contribution in [-0.2, 0) is 4.79 Å². The molecular formula is C13H18N2O3. The zero-order chi connectivity index (χ0) is 13.5. The zero-order valence-electron chi connectivity index (χ0n) is 10.9. The number of aryl methyl sites for hydroxylation is 1. The molecule has 0 saturated heterocycles.